The van der Waals surface area contributed by atoms with Gasteiger partial charge in [0, 0.05) is 25.7 Å². The van der Waals surface area contributed by atoms with Crippen molar-refractivity contribution in [3.63, 3.8) is 0 Å². The molecule has 0 bridgehead atoms. The monoisotopic (exact) mass is 301 g/mol. The summed E-state index contributed by atoms with van der Waals surface area (Å²) in [5.74, 6) is 0.900. The zero-order valence-corrected chi connectivity index (χ0v) is 13.3. The molecule has 0 saturated carbocycles. The molecule has 1 heterocycles. The summed E-state index contributed by atoms with van der Waals surface area (Å²) in [6.45, 7) is 3.07. The van der Waals surface area contributed by atoms with Gasteiger partial charge in [0.05, 0.1) is 12.3 Å². The minimum absolute atomic E-state index is 0.0573. The largest absolute Gasteiger partial charge is 0.468 e. The number of hydrogen-bond donors (Lipinski definition) is 2. The number of hydrogen-bond acceptors (Lipinski definition) is 4. The maximum Gasteiger partial charge on any atom is 0.221 e. The fourth-order valence-electron chi connectivity index (χ4n) is 2.28. The molecule has 0 aliphatic rings. The predicted octanol–water partition coefficient (Wildman–Crippen LogP) is 2.63. The van der Waals surface area contributed by atoms with E-state index >= 15 is 0 Å². The number of likely N-dealkylation sites (N-methyl/N-ethyl adjacent to an activating group) is 1. The predicted molar refractivity (Wildman–Crippen MR) is 87.6 cm³/mol. The highest BCUT2D eigenvalue weighted by Gasteiger charge is 2.16. The Kier molecular flexibility index (Phi) is 5.75. The van der Waals surface area contributed by atoms with Crippen molar-refractivity contribution in [1.29, 1.82) is 0 Å². The summed E-state index contributed by atoms with van der Waals surface area (Å²) < 4.78 is 5.49. The third-order valence-electron chi connectivity index (χ3n) is 3.44. The Morgan fingerprint density at radius 1 is 1.23 bits per heavy atom. The van der Waals surface area contributed by atoms with E-state index in [1.807, 2.05) is 50.5 Å². The van der Waals surface area contributed by atoms with E-state index in [1.165, 1.54) is 12.5 Å². The normalized spacial score (nSPS) is 12.4. The standard InChI is InChI=1S/C17H23N3O2/c1-13(21)19-15-8-6-14(7-9-15)11-18-12-16(20(2)3)17-5-4-10-22-17/h4-10,16,18H,11-12H2,1-3H3,(H,19,21). The molecule has 1 aromatic carbocycles. The first-order valence-corrected chi connectivity index (χ1v) is 7.33. The van der Waals surface area contributed by atoms with Gasteiger partial charge in [-0.1, -0.05) is 12.1 Å². The zero-order chi connectivity index (χ0) is 15.9. The van der Waals surface area contributed by atoms with Gasteiger partial charge in [0.25, 0.3) is 0 Å². The van der Waals surface area contributed by atoms with Crippen molar-refractivity contribution in [2.24, 2.45) is 0 Å². The molecule has 2 rings (SSSR count). The molecular formula is C17H23N3O2. The summed E-state index contributed by atoms with van der Waals surface area (Å²) in [6.07, 6.45) is 1.70. The van der Waals surface area contributed by atoms with Crippen molar-refractivity contribution >= 4 is 11.6 Å². The molecule has 118 valence electrons. The van der Waals surface area contributed by atoms with Crippen molar-refractivity contribution in [3.8, 4) is 0 Å². The van der Waals surface area contributed by atoms with Gasteiger partial charge in [-0.3, -0.25) is 9.69 Å². The van der Waals surface area contributed by atoms with Gasteiger partial charge in [-0.25, -0.2) is 0 Å². The summed E-state index contributed by atoms with van der Waals surface area (Å²) in [7, 11) is 4.08. The Morgan fingerprint density at radius 3 is 2.50 bits per heavy atom. The Balaban J connectivity index is 1.86. The Labute approximate surface area is 131 Å². The average Bonchev–Trinajstić information content (AvgIpc) is 2.98. The summed E-state index contributed by atoms with van der Waals surface area (Å²) in [5.41, 5.74) is 1.99. The van der Waals surface area contributed by atoms with E-state index in [-0.39, 0.29) is 11.9 Å². The van der Waals surface area contributed by atoms with Gasteiger partial charge < -0.3 is 15.1 Å². The first-order valence-electron chi connectivity index (χ1n) is 7.33. The summed E-state index contributed by atoms with van der Waals surface area (Å²) in [5, 5.41) is 6.20. The fraction of sp³-hybridized carbons (Fsp3) is 0.353. The van der Waals surface area contributed by atoms with Gasteiger partial charge in [0.1, 0.15) is 5.76 Å². The first kappa shape index (κ1) is 16.3. The summed E-state index contributed by atoms with van der Waals surface area (Å²) >= 11 is 0. The van der Waals surface area contributed by atoms with Crippen LogP contribution in [0.15, 0.2) is 47.1 Å². The van der Waals surface area contributed by atoms with E-state index in [1.54, 1.807) is 6.26 Å². The molecule has 1 atom stereocenters. The molecule has 2 N–H and O–H groups in total. The highest BCUT2D eigenvalue weighted by Crippen LogP contribution is 2.17. The van der Waals surface area contributed by atoms with E-state index in [9.17, 15) is 4.79 Å². The van der Waals surface area contributed by atoms with Gasteiger partial charge in [-0.15, -0.1) is 0 Å². The minimum atomic E-state index is -0.0573. The SMILES string of the molecule is CC(=O)Nc1ccc(CNCC(c2ccco2)N(C)C)cc1. The van der Waals surface area contributed by atoms with Gasteiger partial charge in [-0.2, -0.15) is 0 Å². The number of anilines is 1. The lowest BCUT2D eigenvalue weighted by Crippen LogP contribution is -2.30. The molecule has 0 saturated heterocycles. The minimum Gasteiger partial charge on any atom is -0.468 e. The van der Waals surface area contributed by atoms with E-state index in [0.29, 0.717) is 0 Å². The van der Waals surface area contributed by atoms with Crippen LogP contribution in [0.5, 0.6) is 0 Å². The third kappa shape index (κ3) is 4.72. The Hall–Kier alpha value is -2.11. The summed E-state index contributed by atoms with van der Waals surface area (Å²) in [4.78, 5) is 13.1. The second kappa shape index (κ2) is 7.77. The highest BCUT2D eigenvalue weighted by atomic mass is 16.3. The van der Waals surface area contributed by atoms with Crippen molar-refractivity contribution in [2.45, 2.75) is 19.5 Å². The van der Waals surface area contributed by atoms with Crippen LogP contribution >= 0.6 is 0 Å². The van der Waals surface area contributed by atoms with Crippen LogP contribution in [-0.4, -0.2) is 31.4 Å². The number of rotatable bonds is 7. The number of nitrogens with one attached hydrogen (secondary N) is 2. The van der Waals surface area contributed by atoms with Crippen LogP contribution in [-0.2, 0) is 11.3 Å². The molecule has 0 aliphatic carbocycles. The third-order valence-corrected chi connectivity index (χ3v) is 3.44. The van der Waals surface area contributed by atoms with Crippen molar-refractivity contribution < 1.29 is 9.21 Å². The van der Waals surface area contributed by atoms with Crippen LogP contribution in [0.3, 0.4) is 0 Å². The Bertz CT molecular complexity index is 576. The quantitative estimate of drug-likeness (QED) is 0.825. The lowest BCUT2D eigenvalue weighted by Gasteiger charge is -2.22. The molecule has 5 nitrogen and oxygen atoms in total. The zero-order valence-electron chi connectivity index (χ0n) is 13.3. The number of amides is 1. The molecule has 1 unspecified atom stereocenters. The fourth-order valence-corrected chi connectivity index (χ4v) is 2.28. The van der Waals surface area contributed by atoms with E-state index in [0.717, 1.165) is 24.5 Å². The van der Waals surface area contributed by atoms with Crippen molar-refractivity contribution in [3.05, 3.63) is 54.0 Å². The summed E-state index contributed by atoms with van der Waals surface area (Å²) in [6, 6.07) is 11.9. The molecule has 0 radical (unpaired) electrons. The average molecular weight is 301 g/mol. The van der Waals surface area contributed by atoms with E-state index in [2.05, 4.69) is 15.5 Å². The molecule has 0 aliphatic heterocycles. The highest BCUT2D eigenvalue weighted by molar-refractivity contribution is 5.88. The maximum atomic E-state index is 11.0. The van der Waals surface area contributed by atoms with Gasteiger partial charge in [-0.05, 0) is 43.9 Å². The van der Waals surface area contributed by atoms with Crippen LogP contribution < -0.4 is 10.6 Å². The van der Waals surface area contributed by atoms with Crippen LogP contribution in [0.25, 0.3) is 0 Å². The lowest BCUT2D eigenvalue weighted by molar-refractivity contribution is -0.114. The number of carbonyl (C=O) groups excluding carboxylic acids is 1. The van der Waals surface area contributed by atoms with Crippen molar-refractivity contribution in [2.75, 3.05) is 26.0 Å². The van der Waals surface area contributed by atoms with Gasteiger partial charge >= 0.3 is 0 Å². The Morgan fingerprint density at radius 2 is 1.95 bits per heavy atom. The molecule has 2 aromatic rings. The molecule has 22 heavy (non-hydrogen) atoms. The van der Waals surface area contributed by atoms with Crippen LogP contribution in [0.4, 0.5) is 5.69 Å². The first-order chi connectivity index (χ1) is 10.6. The molecule has 0 fully saturated rings. The van der Waals surface area contributed by atoms with Crippen LogP contribution in [0.2, 0.25) is 0 Å². The van der Waals surface area contributed by atoms with E-state index < -0.39 is 0 Å². The van der Waals surface area contributed by atoms with Crippen molar-refractivity contribution in [1.82, 2.24) is 10.2 Å². The molecule has 1 amide bonds. The molecule has 1 aromatic heterocycles. The number of nitrogens with zero attached hydrogens (tertiary/aromatic N) is 1. The lowest BCUT2D eigenvalue weighted by atomic mass is 10.1. The second-order valence-electron chi connectivity index (χ2n) is 5.50. The number of carbonyl (C=O) groups is 1. The van der Waals surface area contributed by atoms with Crippen LogP contribution in [0.1, 0.15) is 24.3 Å². The topological polar surface area (TPSA) is 57.5 Å². The molecular weight excluding hydrogens is 278 g/mol. The number of benzene rings is 1. The van der Waals surface area contributed by atoms with E-state index in [4.69, 9.17) is 4.42 Å². The smallest absolute Gasteiger partial charge is 0.221 e. The number of furan rings is 1. The molecule has 5 heteroatoms. The maximum absolute atomic E-state index is 11.0. The van der Waals surface area contributed by atoms with Gasteiger partial charge in [0.15, 0.2) is 0 Å². The molecule has 0 spiro atoms. The van der Waals surface area contributed by atoms with Crippen LogP contribution in [0, 0.1) is 0 Å². The van der Waals surface area contributed by atoms with Gasteiger partial charge in [0.2, 0.25) is 5.91 Å². The second-order valence-corrected chi connectivity index (χ2v) is 5.50.